The number of hydrogen-bond acceptors (Lipinski definition) is 5. The van der Waals surface area contributed by atoms with Gasteiger partial charge in [0.15, 0.2) is 15.0 Å². The number of amides is 1. The van der Waals surface area contributed by atoms with Gasteiger partial charge in [-0.2, -0.15) is 0 Å². The number of rotatable bonds is 4. The van der Waals surface area contributed by atoms with E-state index in [-0.39, 0.29) is 16.8 Å². The number of carbonyl (C=O) groups excluding carboxylic acids is 1. The normalized spacial score (nSPS) is 18.9. The van der Waals surface area contributed by atoms with Crippen LogP contribution in [0.15, 0.2) is 58.4 Å². The van der Waals surface area contributed by atoms with Crippen LogP contribution in [-0.4, -0.2) is 42.4 Å². The number of aliphatic imine (C=N–C) groups is 1. The molecule has 1 amide bonds. The first kappa shape index (κ1) is 19.9. The fourth-order valence-electron chi connectivity index (χ4n) is 2.72. The molecule has 142 valence electrons. The minimum absolute atomic E-state index is 0.0446. The quantitative estimate of drug-likeness (QED) is 0.732. The van der Waals surface area contributed by atoms with Crippen molar-refractivity contribution in [3.63, 3.8) is 0 Å². The summed E-state index contributed by atoms with van der Waals surface area (Å²) in [5.41, 5.74) is 1.16. The van der Waals surface area contributed by atoms with Crippen molar-refractivity contribution >= 4 is 50.0 Å². The smallest absolute Gasteiger partial charge is 0.260 e. The lowest BCUT2D eigenvalue weighted by molar-refractivity contribution is 0.0819. The Morgan fingerprint density at radius 3 is 2.37 bits per heavy atom. The van der Waals surface area contributed by atoms with E-state index in [1.807, 2.05) is 6.92 Å². The number of benzene rings is 2. The largest absolute Gasteiger partial charge is 0.283 e. The second kappa shape index (κ2) is 8.04. The van der Waals surface area contributed by atoms with Gasteiger partial charge >= 0.3 is 0 Å². The van der Waals surface area contributed by atoms with Gasteiger partial charge in [-0.3, -0.25) is 9.69 Å². The van der Waals surface area contributed by atoms with Crippen molar-refractivity contribution in [3.8, 4) is 0 Å². The van der Waals surface area contributed by atoms with Crippen molar-refractivity contribution in [3.05, 3.63) is 59.1 Å². The van der Waals surface area contributed by atoms with Gasteiger partial charge in [0.05, 0.1) is 10.6 Å². The van der Waals surface area contributed by atoms with Gasteiger partial charge in [0.1, 0.15) is 0 Å². The van der Waals surface area contributed by atoms with Crippen molar-refractivity contribution in [2.75, 3.05) is 12.0 Å². The molecule has 1 unspecified atom stereocenters. The van der Waals surface area contributed by atoms with Crippen LogP contribution in [0, 0.1) is 0 Å². The van der Waals surface area contributed by atoms with E-state index in [1.165, 1.54) is 23.9 Å². The van der Waals surface area contributed by atoms with Crippen LogP contribution in [0.2, 0.25) is 5.02 Å². The van der Waals surface area contributed by atoms with Gasteiger partial charge < -0.3 is 0 Å². The molecule has 1 heterocycles. The molecule has 0 radical (unpaired) electrons. The Hall–Kier alpha value is -1.83. The maximum atomic E-state index is 13.1. The van der Waals surface area contributed by atoms with Gasteiger partial charge in [-0.05, 0) is 55.0 Å². The van der Waals surface area contributed by atoms with Gasteiger partial charge in [0.25, 0.3) is 5.91 Å². The lowest BCUT2D eigenvalue weighted by atomic mass is 10.1. The second-order valence-corrected chi connectivity index (χ2v) is 9.65. The monoisotopic (exact) mass is 422 g/mol. The van der Waals surface area contributed by atoms with Crippen LogP contribution >= 0.6 is 23.4 Å². The third kappa shape index (κ3) is 4.54. The molecule has 5 nitrogen and oxygen atoms in total. The molecule has 2 aromatic carbocycles. The summed E-state index contributed by atoms with van der Waals surface area (Å²) in [6, 6.07) is 13.2. The first-order valence-corrected chi connectivity index (χ1v) is 11.7. The zero-order valence-corrected chi connectivity index (χ0v) is 17.3. The average Bonchev–Trinajstić information content (AvgIpc) is 3.05. The number of carbonyl (C=O) groups is 1. The molecule has 1 aliphatic rings. The highest BCUT2D eigenvalue weighted by atomic mass is 35.5. The number of nitrogens with zero attached hydrogens (tertiary/aromatic N) is 2. The molecule has 27 heavy (non-hydrogen) atoms. The van der Waals surface area contributed by atoms with Crippen LogP contribution in [0.1, 0.15) is 23.7 Å². The maximum Gasteiger partial charge on any atom is 0.260 e. The van der Waals surface area contributed by atoms with Crippen LogP contribution in [0.3, 0.4) is 0 Å². The highest BCUT2D eigenvalue weighted by Gasteiger charge is 2.34. The van der Waals surface area contributed by atoms with Crippen molar-refractivity contribution in [1.82, 2.24) is 4.90 Å². The summed E-state index contributed by atoms with van der Waals surface area (Å²) in [6.07, 6.45) is 1.95. The van der Waals surface area contributed by atoms with E-state index < -0.39 is 9.84 Å². The number of amidine groups is 1. The molecule has 1 atom stereocenters. The van der Waals surface area contributed by atoms with E-state index in [0.29, 0.717) is 15.8 Å². The van der Waals surface area contributed by atoms with Crippen molar-refractivity contribution in [2.45, 2.75) is 24.3 Å². The van der Waals surface area contributed by atoms with E-state index in [4.69, 9.17) is 11.6 Å². The summed E-state index contributed by atoms with van der Waals surface area (Å²) in [6.45, 7) is 2.03. The number of hydrogen-bond donors (Lipinski definition) is 0. The zero-order chi connectivity index (χ0) is 19.6. The predicted octanol–water partition coefficient (Wildman–Crippen LogP) is 4.40. The first-order chi connectivity index (χ1) is 12.8. The van der Waals surface area contributed by atoms with E-state index in [1.54, 1.807) is 41.3 Å². The molecule has 0 saturated carbocycles. The Morgan fingerprint density at radius 1 is 1.19 bits per heavy atom. The lowest BCUT2D eigenvalue weighted by Crippen LogP contribution is -2.39. The molecule has 0 aromatic heterocycles. The summed E-state index contributed by atoms with van der Waals surface area (Å²) in [5.74, 6) is 0.593. The maximum absolute atomic E-state index is 13.1. The standard InChI is InChI=1S/C19H19ClN2O3S2/c1-3-16-12-26-19(21-15-8-6-14(20)7-9-15)22(16)18(23)13-4-10-17(11-5-13)27(2,24)25/h4-11,16H,3,12H2,1-2H3. The molecular weight excluding hydrogens is 404 g/mol. The van der Waals surface area contributed by atoms with Gasteiger partial charge in [-0.1, -0.05) is 30.3 Å². The summed E-state index contributed by atoms with van der Waals surface area (Å²) in [5, 5.41) is 1.27. The summed E-state index contributed by atoms with van der Waals surface area (Å²) in [7, 11) is -3.30. The predicted molar refractivity (Wildman–Crippen MR) is 111 cm³/mol. The average molecular weight is 423 g/mol. The minimum Gasteiger partial charge on any atom is -0.283 e. The molecule has 0 bridgehead atoms. The van der Waals surface area contributed by atoms with E-state index >= 15 is 0 Å². The van der Waals surface area contributed by atoms with Gasteiger partial charge in [-0.15, -0.1) is 0 Å². The van der Waals surface area contributed by atoms with E-state index in [9.17, 15) is 13.2 Å². The van der Waals surface area contributed by atoms with Crippen LogP contribution in [-0.2, 0) is 9.84 Å². The molecule has 1 fully saturated rings. The Balaban J connectivity index is 1.92. The van der Waals surface area contributed by atoms with Gasteiger partial charge in [0, 0.05) is 28.6 Å². The molecule has 1 saturated heterocycles. The fraction of sp³-hybridized carbons (Fsp3) is 0.263. The Kier molecular flexibility index (Phi) is 5.93. The summed E-state index contributed by atoms with van der Waals surface area (Å²) in [4.78, 5) is 19.6. The highest BCUT2D eigenvalue weighted by Crippen LogP contribution is 2.30. The third-order valence-electron chi connectivity index (χ3n) is 4.25. The number of halogens is 1. The van der Waals surface area contributed by atoms with Gasteiger partial charge in [0.2, 0.25) is 0 Å². The highest BCUT2D eigenvalue weighted by molar-refractivity contribution is 8.14. The minimum atomic E-state index is -3.30. The second-order valence-electron chi connectivity index (χ2n) is 6.22. The first-order valence-electron chi connectivity index (χ1n) is 8.40. The number of sulfone groups is 1. The van der Waals surface area contributed by atoms with E-state index in [2.05, 4.69) is 4.99 Å². The zero-order valence-electron chi connectivity index (χ0n) is 14.9. The number of thioether (sulfide) groups is 1. The van der Waals surface area contributed by atoms with Crippen molar-refractivity contribution in [1.29, 1.82) is 0 Å². The Morgan fingerprint density at radius 2 is 1.81 bits per heavy atom. The molecule has 0 spiro atoms. The van der Waals surface area contributed by atoms with Crippen LogP contribution in [0.4, 0.5) is 5.69 Å². The SMILES string of the molecule is CCC1CSC(=Nc2ccc(Cl)cc2)N1C(=O)c1ccc(S(C)(=O)=O)cc1. The lowest BCUT2D eigenvalue weighted by Gasteiger charge is -2.23. The molecule has 3 rings (SSSR count). The Bertz CT molecular complexity index is 971. The topological polar surface area (TPSA) is 66.8 Å². The summed E-state index contributed by atoms with van der Waals surface area (Å²) >= 11 is 7.46. The molecule has 8 heteroatoms. The molecule has 0 N–H and O–H groups in total. The fourth-order valence-corrected chi connectivity index (χ4v) is 4.74. The molecule has 0 aliphatic carbocycles. The van der Waals surface area contributed by atoms with Crippen LogP contribution < -0.4 is 0 Å². The summed E-state index contributed by atoms with van der Waals surface area (Å²) < 4.78 is 23.2. The third-order valence-corrected chi connectivity index (χ3v) is 6.72. The van der Waals surface area contributed by atoms with Gasteiger partial charge in [-0.25, -0.2) is 13.4 Å². The Labute approximate surface area is 168 Å². The van der Waals surface area contributed by atoms with Crippen LogP contribution in [0.5, 0.6) is 0 Å². The van der Waals surface area contributed by atoms with E-state index in [0.717, 1.165) is 24.1 Å². The van der Waals surface area contributed by atoms with Crippen LogP contribution in [0.25, 0.3) is 0 Å². The molecule has 2 aromatic rings. The van der Waals surface area contributed by atoms with Crippen molar-refractivity contribution in [2.24, 2.45) is 4.99 Å². The molecular formula is C19H19ClN2O3S2. The van der Waals surface area contributed by atoms with Crippen molar-refractivity contribution < 1.29 is 13.2 Å². The molecule has 1 aliphatic heterocycles.